The van der Waals surface area contributed by atoms with Crippen LogP contribution in [0, 0.1) is 11.8 Å². The fraction of sp³-hybridized carbons (Fsp3) is 0.571. The molecular formula is C7H10O3. The number of rotatable bonds is 3. The number of hydrogen-bond donors (Lipinski definition) is 1. The smallest absolute Gasteiger partial charge is 0.155 e. The predicted octanol–water partition coefficient (Wildman–Crippen LogP) is -0.412. The van der Waals surface area contributed by atoms with Crippen LogP contribution in [0.1, 0.15) is 6.92 Å². The molecular weight excluding hydrogens is 132 g/mol. The van der Waals surface area contributed by atoms with E-state index in [4.69, 9.17) is 9.84 Å². The number of aliphatic hydroxyl groups excluding tert-OH is 1. The molecule has 0 amide bonds. The van der Waals surface area contributed by atoms with Gasteiger partial charge in [0.05, 0.1) is 0 Å². The van der Waals surface area contributed by atoms with Crippen LogP contribution in [0.25, 0.3) is 0 Å². The third-order valence-corrected chi connectivity index (χ3v) is 0.684. The monoisotopic (exact) mass is 142 g/mol. The molecule has 0 heterocycles. The van der Waals surface area contributed by atoms with Gasteiger partial charge in [0.15, 0.2) is 5.78 Å². The quantitative estimate of drug-likeness (QED) is 0.430. The van der Waals surface area contributed by atoms with Gasteiger partial charge in [-0.1, -0.05) is 11.8 Å². The first-order chi connectivity index (χ1) is 4.77. The Kier molecular flexibility index (Phi) is 5.74. The van der Waals surface area contributed by atoms with Gasteiger partial charge in [-0.15, -0.1) is 0 Å². The summed E-state index contributed by atoms with van der Waals surface area (Å²) in [6, 6.07) is 0. The second-order valence-electron chi connectivity index (χ2n) is 1.71. The summed E-state index contributed by atoms with van der Waals surface area (Å²) in [5.74, 6) is 4.88. The summed E-state index contributed by atoms with van der Waals surface area (Å²) in [6.45, 7) is 1.59. The zero-order valence-electron chi connectivity index (χ0n) is 5.89. The van der Waals surface area contributed by atoms with E-state index in [1.54, 1.807) is 0 Å². The lowest BCUT2D eigenvalue weighted by Crippen LogP contribution is -2.03. The molecule has 0 fully saturated rings. The fourth-order valence-electron chi connectivity index (χ4n) is 0.353. The van der Waals surface area contributed by atoms with Gasteiger partial charge in [-0.25, -0.2) is 0 Å². The number of hydrogen-bond acceptors (Lipinski definition) is 3. The van der Waals surface area contributed by atoms with Crippen molar-refractivity contribution in [2.24, 2.45) is 0 Å². The number of Topliss-reactive ketones (excluding diaryl/α,β-unsaturated/α-hetero) is 1. The van der Waals surface area contributed by atoms with Crippen LogP contribution in [0.5, 0.6) is 0 Å². The molecule has 0 aliphatic rings. The summed E-state index contributed by atoms with van der Waals surface area (Å²) in [5.41, 5.74) is 0. The molecule has 0 atom stereocenters. The van der Waals surface area contributed by atoms with E-state index in [0.29, 0.717) is 0 Å². The van der Waals surface area contributed by atoms with E-state index in [-0.39, 0.29) is 25.6 Å². The molecule has 0 spiro atoms. The third-order valence-electron chi connectivity index (χ3n) is 0.684. The van der Waals surface area contributed by atoms with Crippen LogP contribution in [0.4, 0.5) is 0 Å². The lowest BCUT2D eigenvalue weighted by molar-refractivity contribution is -0.120. The molecule has 0 rings (SSSR count). The van der Waals surface area contributed by atoms with Crippen LogP contribution in [-0.2, 0) is 9.53 Å². The van der Waals surface area contributed by atoms with Crippen molar-refractivity contribution in [2.75, 3.05) is 19.8 Å². The van der Waals surface area contributed by atoms with Gasteiger partial charge in [0.25, 0.3) is 0 Å². The summed E-state index contributed by atoms with van der Waals surface area (Å²) in [5, 5.41) is 8.18. The number of carbonyl (C=O) groups excluding carboxylic acids is 1. The van der Waals surface area contributed by atoms with Gasteiger partial charge in [0.1, 0.15) is 19.8 Å². The number of ketones is 1. The van der Waals surface area contributed by atoms with E-state index in [1.165, 1.54) is 6.92 Å². The molecule has 0 radical (unpaired) electrons. The Bertz CT molecular complexity index is 152. The lowest BCUT2D eigenvalue weighted by atomic mass is 10.5. The summed E-state index contributed by atoms with van der Waals surface area (Å²) in [7, 11) is 0. The van der Waals surface area contributed by atoms with Gasteiger partial charge in [0.2, 0.25) is 0 Å². The predicted molar refractivity (Wildman–Crippen MR) is 36.4 cm³/mol. The molecule has 3 nitrogen and oxygen atoms in total. The van der Waals surface area contributed by atoms with E-state index >= 15 is 0 Å². The second-order valence-corrected chi connectivity index (χ2v) is 1.71. The Morgan fingerprint density at radius 1 is 1.60 bits per heavy atom. The topological polar surface area (TPSA) is 46.5 Å². The molecule has 0 aromatic carbocycles. The van der Waals surface area contributed by atoms with Gasteiger partial charge < -0.3 is 9.84 Å². The normalized spacial score (nSPS) is 8.20. The average molecular weight is 142 g/mol. The van der Waals surface area contributed by atoms with Crippen LogP contribution in [0.3, 0.4) is 0 Å². The summed E-state index contributed by atoms with van der Waals surface area (Å²) < 4.78 is 4.76. The van der Waals surface area contributed by atoms with Crippen molar-refractivity contribution in [3.8, 4) is 11.8 Å². The second kappa shape index (κ2) is 6.27. The Balaban J connectivity index is 3.13. The van der Waals surface area contributed by atoms with Crippen molar-refractivity contribution in [1.82, 2.24) is 0 Å². The Hall–Kier alpha value is -0.850. The maximum absolute atomic E-state index is 10.3. The van der Waals surface area contributed by atoms with E-state index in [0.717, 1.165) is 0 Å². The van der Waals surface area contributed by atoms with Crippen molar-refractivity contribution < 1.29 is 14.6 Å². The Morgan fingerprint density at radius 2 is 2.30 bits per heavy atom. The molecule has 0 aromatic heterocycles. The lowest BCUT2D eigenvalue weighted by Gasteiger charge is -1.91. The standard InChI is InChI=1S/C7H10O3/c1-7(9)6-10-5-3-2-4-8/h8H,4-6H2,1H3. The Labute approximate surface area is 60.0 Å². The molecule has 0 aliphatic heterocycles. The summed E-state index contributed by atoms with van der Waals surface area (Å²) >= 11 is 0. The molecule has 0 saturated carbocycles. The van der Waals surface area contributed by atoms with E-state index < -0.39 is 0 Å². The minimum Gasteiger partial charge on any atom is -0.384 e. The van der Waals surface area contributed by atoms with Crippen molar-refractivity contribution >= 4 is 5.78 Å². The van der Waals surface area contributed by atoms with Crippen LogP contribution >= 0.6 is 0 Å². The first-order valence-electron chi connectivity index (χ1n) is 2.91. The molecule has 0 bridgehead atoms. The Morgan fingerprint density at radius 3 is 2.80 bits per heavy atom. The maximum atomic E-state index is 10.3. The van der Waals surface area contributed by atoms with Gasteiger partial charge in [-0.2, -0.15) is 0 Å². The zero-order chi connectivity index (χ0) is 7.82. The number of aliphatic hydroxyl groups is 1. The minimum atomic E-state index is -0.163. The summed E-state index contributed by atoms with van der Waals surface area (Å²) in [4.78, 5) is 10.3. The van der Waals surface area contributed by atoms with E-state index in [2.05, 4.69) is 11.8 Å². The molecule has 56 valence electrons. The van der Waals surface area contributed by atoms with E-state index in [1.807, 2.05) is 0 Å². The first-order valence-corrected chi connectivity index (χ1v) is 2.91. The largest absolute Gasteiger partial charge is 0.384 e. The van der Waals surface area contributed by atoms with Crippen molar-refractivity contribution in [3.05, 3.63) is 0 Å². The molecule has 0 aromatic rings. The molecule has 0 unspecified atom stereocenters. The van der Waals surface area contributed by atoms with Gasteiger partial charge >= 0.3 is 0 Å². The average Bonchev–Trinajstić information content (AvgIpc) is 1.87. The van der Waals surface area contributed by atoms with Crippen LogP contribution < -0.4 is 0 Å². The van der Waals surface area contributed by atoms with Gasteiger partial charge in [-0.3, -0.25) is 4.79 Å². The molecule has 1 N–H and O–H groups in total. The number of carbonyl (C=O) groups is 1. The SMILES string of the molecule is CC(=O)COCC#CCO. The molecule has 10 heavy (non-hydrogen) atoms. The van der Waals surface area contributed by atoms with Crippen molar-refractivity contribution in [3.63, 3.8) is 0 Å². The minimum absolute atomic E-state index is 0.0224. The van der Waals surface area contributed by atoms with Crippen LogP contribution in [0.2, 0.25) is 0 Å². The summed E-state index contributed by atoms with van der Waals surface area (Å²) in [6.07, 6.45) is 0. The van der Waals surface area contributed by atoms with Crippen molar-refractivity contribution in [2.45, 2.75) is 6.92 Å². The molecule has 0 aliphatic carbocycles. The van der Waals surface area contributed by atoms with Crippen LogP contribution in [-0.4, -0.2) is 30.7 Å². The highest BCUT2D eigenvalue weighted by atomic mass is 16.5. The fourth-order valence-corrected chi connectivity index (χ4v) is 0.353. The third kappa shape index (κ3) is 7.15. The zero-order valence-corrected chi connectivity index (χ0v) is 5.89. The highest BCUT2D eigenvalue weighted by Crippen LogP contribution is 1.73. The highest BCUT2D eigenvalue weighted by Gasteiger charge is 1.88. The van der Waals surface area contributed by atoms with Gasteiger partial charge in [0, 0.05) is 0 Å². The van der Waals surface area contributed by atoms with Crippen LogP contribution in [0.15, 0.2) is 0 Å². The first kappa shape index (κ1) is 9.15. The van der Waals surface area contributed by atoms with Crippen molar-refractivity contribution in [1.29, 1.82) is 0 Å². The van der Waals surface area contributed by atoms with E-state index in [9.17, 15) is 4.79 Å². The van der Waals surface area contributed by atoms with Gasteiger partial charge in [-0.05, 0) is 6.92 Å². The molecule has 0 saturated heterocycles. The number of ether oxygens (including phenoxy) is 1. The highest BCUT2D eigenvalue weighted by molar-refractivity contribution is 5.76. The maximum Gasteiger partial charge on any atom is 0.155 e. The molecule has 3 heteroatoms.